The van der Waals surface area contributed by atoms with E-state index in [1.165, 1.54) is 11.3 Å². The van der Waals surface area contributed by atoms with E-state index in [9.17, 15) is 14.7 Å². The molecule has 7 nitrogen and oxygen atoms in total. The molecule has 1 atom stereocenters. The van der Waals surface area contributed by atoms with E-state index in [-0.39, 0.29) is 6.42 Å². The topological polar surface area (TPSA) is 97.1 Å². The molecule has 0 bridgehead atoms. The molecule has 1 amide bonds. The zero-order chi connectivity index (χ0) is 19.6. The predicted octanol–water partition coefficient (Wildman–Crippen LogP) is 3.15. The summed E-state index contributed by atoms with van der Waals surface area (Å²) in [5, 5.41) is 18.9. The van der Waals surface area contributed by atoms with Crippen molar-refractivity contribution in [3.63, 3.8) is 0 Å². The second-order valence-electron chi connectivity index (χ2n) is 6.17. The van der Waals surface area contributed by atoms with Crippen molar-refractivity contribution in [2.75, 3.05) is 0 Å². The Balaban J connectivity index is 2.07. The van der Waals surface area contributed by atoms with Crippen LogP contribution < -0.4 is 5.32 Å². The van der Waals surface area contributed by atoms with Gasteiger partial charge in [0.1, 0.15) is 6.04 Å². The Morgan fingerprint density at radius 2 is 2.26 bits per heavy atom. The van der Waals surface area contributed by atoms with Crippen LogP contribution in [0.25, 0.3) is 21.6 Å². The molecular weight excluding hydrogens is 364 g/mol. The number of nitrogens with one attached hydrogen (secondary N) is 1. The fourth-order valence-corrected chi connectivity index (χ4v) is 3.64. The Morgan fingerprint density at radius 1 is 1.48 bits per heavy atom. The molecule has 0 spiro atoms. The van der Waals surface area contributed by atoms with Crippen LogP contribution in [0.5, 0.6) is 0 Å². The van der Waals surface area contributed by atoms with Gasteiger partial charge in [-0.1, -0.05) is 12.1 Å². The highest BCUT2D eigenvalue weighted by molar-refractivity contribution is 7.13. The number of rotatable bonds is 7. The van der Waals surface area contributed by atoms with Crippen molar-refractivity contribution >= 4 is 34.2 Å². The number of carbonyl (C=O) groups excluding carboxylic acids is 1. The number of allylic oxidation sites excluding steroid dienone is 1. The molecule has 140 valence electrons. The Hall–Kier alpha value is -3.00. The molecule has 1 unspecified atom stereocenters. The third kappa shape index (κ3) is 3.75. The number of nitrogens with zero attached hydrogens (tertiary/aromatic N) is 3. The average molecular weight is 384 g/mol. The van der Waals surface area contributed by atoms with E-state index < -0.39 is 17.9 Å². The van der Waals surface area contributed by atoms with Crippen LogP contribution >= 0.6 is 11.3 Å². The van der Waals surface area contributed by atoms with Gasteiger partial charge in [0, 0.05) is 7.05 Å². The molecule has 0 aliphatic heterocycles. The number of carbonyl (C=O) groups is 2. The minimum Gasteiger partial charge on any atom is -0.480 e. The number of hydrogen-bond acceptors (Lipinski definition) is 5. The monoisotopic (exact) mass is 384 g/mol. The SMILES string of the molecule is C=CCCC(NC(=O)c1cc(-c2cccs2)nc2c1c(C)nn2C)C(=O)O. The number of thiophene rings is 1. The summed E-state index contributed by atoms with van der Waals surface area (Å²) in [6.07, 6.45) is 2.41. The average Bonchev–Trinajstić information content (AvgIpc) is 3.26. The van der Waals surface area contributed by atoms with Crippen molar-refractivity contribution in [2.45, 2.75) is 25.8 Å². The maximum atomic E-state index is 13.0. The lowest BCUT2D eigenvalue weighted by Crippen LogP contribution is -2.40. The summed E-state index contributed by atoms with van der Waals surface area (Å²) in [6.45, 7) is 5.40. The van der Waals surface area contributed by atoms with Gasteiger partial charge >= 0.3 is 5.97 Å². The first-order chi connectivity index (χ1) is 12.9. The maximum Gasteiger partial charge on any atom is 0.326 e. The summed E-state index contributed by atoms with van der Waals surface area (Å²) >= 11 is 1.52. The Bertz CT molecular complexity index is 1010. The van der Waals surface area contributed by atoms with Crippen molar-refractivity contribution in [3.8, 4) is 10.6 Å². The number of aliphatic carboxylic acids is 1. The van der Waals surface area contributed by atoms with Gasteiger partial charge in [-0.05, 0) is 37.3 Å². The highest BCUT2D eigenvalue weighted by Crippen LogP contribution is 2.29. The Kier molecular flexibility index (Phi) is 5.36. The zero-order valence-corrected chi connectivity index (χ0v) is 15.9. The summed E-state index contributed by atoms with van der Waals surface area (Å²) in [6, 6.07) is 4.55. The molecule has 3 aromatic heterocycles. The molecule has 0 saturated heterocycles. The number of aryl methyl sites for hydroxylation is 2. The summed E-state index contributed by atoms with van der Waals surface area (Å²) in [7, 11) is 1.77. The quantitative estimate of drug-likeness (QED) is 0.610. The van der Waals surface area contributed by atoms with Crippen LogP contribution in [0.3, 0.4) is 0 Å². The van der Waals surface area contributed by atoms with Crippen molar-refractivity contribution in [1.82, 2.24) is 20.1 Å². The minimum atomic E-state index is -1.07. The van der Waals surface area contributed by atoms with Crippen LogP contribution in [0.2, 0.25) is 0 Å². The summed E-state index contributed by atoms with van der Waals surface area (Å²) in [5.41, 5.74) is 2.28. The number of carboxylic acids is 1. The van der Waals surface area contributed by atoms with Gasteiger partial charge < -0.3 is 10.4 Å². The highest BCUT2D eigenvalue weighted by Gasteiger charge is 2.24. The first-order valence-electron chi connectivity index (χ1n) is 8.45. The van der Waals surface area contributed by atoms with Crippen LogP contribution in [-0.2, 0) is 11.8 Å². The normalized spacial score (nSPS) is 12.1. The van der Waals surface area contributed by atoms with Gasteiger partial charge in [0.05, 0.1) is 27.2 Å². The third-order valence-electron chi connectivity index (χ3n) is 4.25. The lowest BCUT2D eigenvalue weighted by Gasteiger charge is -2.14. The van der Waals surface area contributed by atoms with E-state index in [1.807, 2.05) is 17.5 Å². The van der Waals surface area contributed by atoms with E-state index in [4.69, 9.17) is 0 Å². The molecule has 3 aromatic rings. The van der Waals surface area contributed by atoms with E-state index in [0.717, 1.165) is 4.88 Å². The molecule has 2 N–H and O–H groups in total. The molecule has 27 heavy (non-hydrogen) atoms. The second kappa shape index (κ2) is 7.71. The lowest BCUT2D eigenvalue weighted by molar-refractivity contribution is -0.139. The lowest BCUT2D eigenvalue weighted by atomic mass is 10.1. The van der Waals surface area contributed by atoms with Gasteiger partial charge in [0.2, 0.25) is 0 Å². The van der Waals surface area contributed by atoms with Gasteiger partial charge in [0.25, 0.3) is 5.91 Å². The van der Waals surface area contributed by atoms with E-state index in [2.05, 4.69) is 22.0 Å². The predicted molar refractivity (Wildman–Crippen MR) is 105 cm³/mol. The molecule has 0 aromatic carbocycles. The van der Waals surface area contributed by atoms with Crippen LogP contribution in [0.4, 0.5) is 0 Å². The van der Waals surface area contributed by atoms with Crippen molar-refractivity contribution in [2.24, 2.45) is 7.05 Å². The zero-order valence-electron chi connectivity index (χ0n) is 15.1. The molecule has 0 aliphatic rings. The number of carboxylic acid groups (broad SMARTS) is 1. The Morgan fingerprint density at radius 3 is 2.89 bits per heavy atom. The fourth-order valence-electron chi connectivity index (χ4n) is 2.95. The minimum absolute atomic E-state index is 0.280. The highest BCUT2D eigenvalue weighted by atomic mass is 32.1. The van der Waals surface area contributed by atoms with Crippen molar-refractivity contribution in [3.05, 3.63) is 47.5 Å². The molecular formula is C19H20N4O3S. The first-order valence-corrected chi connectivity index (χ1v) is 9.33. The molecule has 0 fully saturated rings. The van der Waals surface area contributed by atoms with Crippen LogP contribution in [0.15, 0.2) is 36.2 Å². The largest absolute Gasteiger partial charge is 0.480 e. The molecule has 0 radical (unpaired) electrons. The van der Waals surface area contributed by atoms with Gasteiger partial charge in [-0.2, -0.15) is 5.10 Å². The summed E-state index contributed by atoms with van der Waals surface area (Å²) in [5.74, 6) is -1.52. The molecule has 0 aliphatic carbocycles. The molecule has 8 heteroatoms. The number of hydrogen-bond donors (Lipinski definition) is 2. The van der Waals surface area contributed by atoms with E-state index >= 15 is 0 Å². The van der Waals surface area contributed by atoms with Gasteiger partial charge in [0.15, 0.2) is 5.65 Å². The standard InChI is InChI=1S/C19H20N4O3S/c1-4-5-7-13(19(25)26)21-18(24)12-10-14(15-8-6-9-27-15)20-17-16(12)11(2)22-23(17)3/h4,6,8-10,13H,1,5,7H2,2-3H3,(H,21,24)(H,25,26). The number of aromatic nitrogens is 3. The van der Waals surface area contributed by atoms with Crippen molar-refractivity contribution in [1.29, 1.82) is 0 Å². The summed E-state index contributed by atoms with van der Waals surface area (Å²) < 4.78 is 1.63. The van der Waals surface area contributed by atoms with Crippen molar-refractivity contribution < 1.29 is 14.7 Å². The van der Waals surface area contributed by atoms with Gasteiger partial charge in [-0.3, -0.25) is 9.48 Å². The third-order valence-corrected chi connectivity index (χ3v) is 5.14. The van der Waals surface area contributed by atoms with E-state index in [1.54, 1.807) is 30.8 Å². The number of pyridine rings is 1. The molecule has 0 saturated carbocycles. The van der Waals surface area contributed by atoms with E-state index in [0.29, 0.717) is 34.4 Å². The second-order valence-corrected chi connectivity index (χ2v) is 7.12. The molecule has 3 rings (SSSR count). The Labute approximate surface area is 160 Å². The summed E-state index contributed by atoms with van der Waals surface area (Å²) in [4.78, 5) is 30.0. The first kappa shape index (κ1) is 18.8. The fraction of sp³-hybridized carbons (Fsp3) is 0.263. The number of fused-ring (bicyclic) bond motifs is 1. The van der Waals surface area contributed by atoms with Crippen LogP contribution in [0.1, 0.15) is 28.9 Å². The number of amides is 1. The van der Waals surface area contributed by atoms with Gasteiger partial charge in [-0.15, -0.1) is 17.9 Å². The van der Waals surface area contributed by atoms with Crippen LogP contribution in [-0.4, -0.2) is 37.8 Å². The smallest absolute Gasteiger partial charge is 0.326 e. The van der Waals surface area contributed by atoms with Gasteiger partial charge in [-0.25, -0.2) is 9.78 Å². The maximum absolute atomic E-state index is 13.0. The van der Waals surface area contributed by atoms with Crippen LogP contribution in [0, 0.1) is 6.92 Å². The molecule has 3 heterocycles.